The Morgan fingerprint density at radius 2 is 0.470 bits per heavy atom. The number of aromatic nitrogens is 4. The first kappa shape index (κ1) is 68.2. The van der Waals surface area contributed by atoms with Crippen LogP contribution in [-0.4, -0.2) is 19.5 Å². The van der Waals surface area contributed by atoms with Crippen molar-refractivity contribution in [3.63, 3.8) is 0 Å². The lowest BCUT2D eigenvalue weighted by molar-refractivity contribution is 0.669. The van der Waals surface area contributed by atoms with E-state index in [0.717, 1.165) is 82.9 Å². The molecule has 117 heavy (non-hydrogen) atoms. The van der Waals surface area contributed by atoms with Gasteiger partial charge in [-0.3, -0.25) is 15.0 Å². The van der Waals surface area contributed by atoms with E-state index in [1.807, 2.05) is 73.6 Å². The zero-order valence-electron chi connectivity index (χ0n) is 63.5. The number of furan rings is 2. The van der Waals surface area contributed by atoms with Crippen molar-refractivity contribution in [3.8, 4) is 94.7 Å². The standard InChI is InChI=1S/C37H24N2.2C37H23NO/c1-3-13-32-30(11-1)36(31-12-2-4-14-33(31)37(32)26-21-23-38-24-22-26)25-17-19-27(20-18-25)39-34-15-7-5-9-28(34)29-10-6-8-16-35(29)39;1-3-16-31-29(14-1)35(30-15-2-4-17-32(30)36(31)26-12-9-21-38-23-26)25-11-7-10-24(22-25)27-18-8-19-33-28-13-5-6-20-34(28)39-37(27)33;1-3-13-31-29(11-1)35(30-12-2-4-14-32(30)36(31)26-9-8-22-38-23-26)25-20-18-24(19-21-25)27-15-7-16-33-28-10-5-6-17-34(28)39-37(27)33/h1-24H;2*1-23H. The summed E-state index contributed by atoms with van der Waals surface area (Å²) in [5, 5.41) is 22.0. The van der Waals surface area contributed by atoms with Gasteiger partial charge in [0.05, 0.1) is 11.0 Å². The number of benzene rings is 18. The molecule has 546 valence electrons. The average molecular weight is 1490 g/mol. The maximum atomic E-state index is 6.38. The summed E-state index contributed by atoms with van der Waals surface area (Å²) in [4.78, 5) is 13.1. The summed E-state index contributed by atoms with van der Waals surface area (Å²) in [7, 11) is 0. The predicted octanol–water partition coefficient (Wildman–Crippen LogP) is 30.4. The van der Waals surface area contributed by atoms with Crippen LogP contribution in [0.4, 0.5) is 0 Å². The molecule has 0 N–H and O–H groups in total. The minimum absolute atomic E-state index is 0.916. The second-order valence-electron chi connectivity index (χ2n) is 29.9. The molecule has 0 aliphatic heterocycles. The van der Waals surface area contributed by atoms with Crippen molar-refractivity contribution in [2.45, 2.75) is 0 Å². The Bertz CT molecular complexity index is 7740. The van der Waals surface area contributed by atoms with Crippen LogP contribution in [0.1, 0.15) is 0 Å². The summed E-state index contributed by atoms with van der Waals surface area (Å²) in [5.74, 6) is 0. The largest absolute Gasteiger partial charge is 0.455 e. The Morgan fingerprint density at radius 3 is 0.863 bits per heavy atom. The smallest absolute Gasteiger partial charge is 0.143 e. The fourth-order valence-electron chi connectivity index (χ4n) is 18.4. The van der Waals surface area contributed by atoms with Gasteiger partial charge in [-0.2, -0.15) is 0 Å². The van der Waals surface area contributed by atoms with Crippen LogP contribution >= 0.6 is 0 Å². The number of fused-ring (bicyclic) bond motifs is 15. The van der Waals surface area contributed by atoms with E-state index in [1.54, 1.807) is 0 Å². The fraction of sp³-hybridized carbons (Fsp3) is 0. The molecule has 0 aliphatic carbocycles. The topological polar surface area (TPSA) is 69.9 Å². The molecule has 0 bridgehead atoms. The molecule has 6 nitrogen and oxygen atoms in total. The van der Waals surface area contributed by atoms with E-state index in [0.29, 0.717) is 0 Å². The molecular weight excluding hydrogens is 1420 g/mol. The molecule has 18 aromatic carbocycles. The molecule has 0 saturated heterocycles. The second-order valence-corrected chi connectivity index (χ2v) is 29.9. The molecule has 6 heteroatoms. The third-order valence-electron chi connectivity index (χ3n) is 23.4. The average Bonchev–Trinajstić information content (AvgIpc) is 1.66. The van der Waals surface area contributed by atoms with Crippen LogP contribution in [0.5, 0.6) is 0 Å². The highest BCUT2D eigenvalue weighted by Crippen LogP contribution is 2.49. The van der Waals surface area contributed by atoms with E-state index in [9.17, 15) is 0 Å². The first-order valence-electron chi connectivity index (χ1n) is 39.7. The van der Waals surface area contributed by atoms with Gasteiger partial charge in [-0.15, -0.1) is 0 Å². The highest BCUT2D eigenvalue weighted by atomic mass is 16.3. The van der Waals surface area contributed by atoms with Gasteiger partial charge in [-0.1, -0.05) is 322 Å². The molecular formula is C111H70N4O2. The lowest BCUT2D eigenvalue weighted by Gasteiger charge is -2.18. The third-order valence-corrected chi connectivity index (χ3v) is 23.4. The van der Waals surface area contributed by atoms with Crippen LogP contribution < -0.4 is 0 Å². The fourth-order valence-corrected chi connectivity index (χ4v) is 18.4. The first-order valence-corrected chi connectivity index (χ1v) is 39.7. The minimum atomic E-state index is 0.916. The molecule has 0 radical (unpaired) electrons. The molecule has 0 aliphatic rings. The van der Waals surface area contributed by atoms with Crippen molar-refractivity contribution < 1.29 is 8.83 Å². The quantitative estimate of drug-likeness (QED) is 0.135. The van der Waals surface area contributed by atoms with E-state index >= 15 is 0 Å². The van der Waals surface area contributed by atoms with Crippen molar-refractivity contribution in [1.82, 2.24) is 19.5 Å². The van der Waals surface area contributed by atoms with E-state index in [1.165, 1.54) is 142 Å². The van der Waals surface area contributed by atoms with Gasteiger partial charge in [0.1, 0.15) is 22.3 Å². The van der Waals surface area contributed by atoms with Gasteiger partial charge in [-0.25, -0.2) is 0 Å². The first-order chi connectivity index (χ1) is 58.1. The van der Waals surface area contributed by atoms with Gasteiger partial charge < -0.3 is 13.4 Å². The number of hydrogen-bond acceptors (Lipinski definition) is 5. The van der Waals surface area contributed by atoms with Gasteiger partial charge in [0, 0.05) is 97.4 Å². The Kier molecular flexibility index (Phi) is 16.8. The Hall–Kier alpha value is -15.6. The number of nitrogens with zero attached hydrogens (tertiary/aromatic N) is 4. The van der Waals surface area contributed by atoms with E-state index < -0.39 is 0 Å². The highest BCUT2D eigenvalue weighted by Gasteiger charge is 2.23. The maximum Gasteiger partial charge on any atom is 0.143 e. The van der Waals surface area contributed by atoms with Crippen LogP contribution in [0.3, 0.4) is 0 Å². The Balaban J connectivity index is 0.000000106. The molecule has 24 rings (SSSR count). The second kappa shape index (κ2) is 28.8. The number of pyridine rings is 3. The third kappa shape index (κ3) is 11.7. The summed E-state index contributed by atoms with van der Waals surface area (Å²) in [6.07, 6.45) is 11.3. The van der Waals surface area contributed by atoms with Crippen molar-refractivity contribution in [2.24, 2.45) is 0 Å². The van der Waals surface area contributed by atoms with Crippen molar-refractivity contribution in [2.75, 3.05) is 0 Å². The monoisotopic (exact) mass is 1490 g/mol. The summed E-state index contributed by atoms with van der Waals surface area (Å²) in [6.45, 7) is 0. The van der Waals surface area contributed by atoms with Crippen LogP contribution in [0.2, 0.25) is 0 Å². The summed E-state index contributed by atoms with van der Waals surface area (Å²) in [6, 6.07) is 138. The van der Waals surface area contributed by atoms with Crippen LogP contribution in [0.15, 0.2) is 434 Å². The molecule has 0 amide bonds. The van der Waals surface area contributed by atoms with Gasteiger partial charge in [0.25, 0.3) is 0 Å². The summed E-state index contributed by atoms with van der Waals surface area (Å²) >= 11 is 0. The SMILES string of the molecule is c1ccc2c(-c3ccc(-n4c5ccccc5c5ccccc54)cc3)c3ccccc3c(-c3ccncc3)c2c1.c1cncc(-c2c3ccccc3c(-c3ccc(-c4cccc5c4oc4ccccc45)cc3)c3ccccc23)c1.c1cncc(-c2c3ccccc3c(-c3cccc(-c4cccc5c4oc4ccccc45)c3)c3ccccc23)c1. The normalized spacial score (nSPS) is 11.6. The van der Waals surface area contributed by atoms with E-state index in [4.69, 9.17) is 8.83 Å². The highest BCUT2D eigenvalue weighted by molar-refractivity contribution is 6.25. The molecule has 0 atom stereocenters. The van der Waals surface area contributed by atoms with Crippen molar-refractivity contribution >= 4 is 130 Å². The molecule has 0 spiro atoms. The number of para-hydroxylation sites is 6. The minimum Gasteiger partial charge on any atom is -0.455 e. The van der Waals surface area contributed by atoms with Crippen molar-refractivity contribution in [1.29, 1.82) is 0 Å². The van der Waals surface area contributed by atoms with Gasteiger partial charge in [-0.05, 0) is 198 Å². The van der Waals surface area contributed by atoms with Crippen LogP contribution in [0.25, 0.3) is 225 Å². The van der Waals surface area contributed by atoms with E-state index in [-0.39, 0.29) is 0 Å². The van der Waals surface area contributed by atoms with Crippen LogP contribution in [-0.2, 0) is 0 Å². The van der Waals surface area contributed by atoms with Gasteiger partial charge >= 0.3 is 0 Å². The number of hydrogen-bond donors (Lipinski definition) is 0. The Labute approximate surface area is 674 Å². The molecule has 6 aromatic heterocycles. The number of rotatable bonds is 9. The zero-order chi connectivity index (χ0) is 77.3. The van der Waals surface area contributed by atoms with E-state index in [2.05, 4.69) is 371 Å². The molecule has 24 aromatic rings. The van der Waals surface area contributed by atoms with Gasteiger partial charge in [0.15, 0.2) is 0 Å². The molecule has 0 saturated carbocycles. The Morgan fingerprint density at radius 1 is 0.179 bits per heavy atom. The lowest BCUT2D eigenvalue weighted by atomic mass is 9.86. The van der Waals surface area contributed by atoms with Gasteiger partial charge in [0.2, 0.25) is 0 Å². The van der Waals surface area contributed by atoms with Crippen LogP contribution in [0, 0.1) is 0 Å². The molecule has 0 fully saturated rings. The molecule has 6 heterocycles. The lowest BCUT2D eigenvalue weighted by Crippen LogP contribution is -1.94. The summed E-state index contributed by atoms with van der Waals surface area (Å²) < 4.78 is 15.1. The predicted molar refractivity (Wildman–Crippen MR) is 490 cm³/mol. The van der Waals surface area contributed by atoms with Crippen molar-refractivity contribution in [3.05, 3.63) is 425 Å². The molecule has 0 unspecified atom stereocenters. The maximum absolute atomic E-state index is 6.38. The zero-order valence-corrected chi connectivity index (χ0v) is 63.5. The summed E-state index contributed by atoms with van der Waals surface area (Å²) in [5.41, 5.74) is 26.3.